The van der Waals surface area contributed by atoms with E-state index >= 15 is 0 Å². The molecule has 0 unspecified atom stereocenters. The highest BCUT2D eigenvalue weighted by Gasteiger charge is 2.11. The molecule has 10 heteroatoms. The molecule has 0 radical (unpaired) electrons. The van der Waals surface area contributed by atoms with E-state index in [4.69, 9.17) is 0 Å². The van der Waals surface area contributed by atoms with Crippen LogP contribution in [0.4, 0.5) is 11.4 Å². The number of nitro benzene ring substituents is 1. The number of benzene rings is 2. The van der Waals surface area contributed by atoms with Gasteiger partial charge in [0.25, 0.3) is 17.5 Å². The summed E-state index contributed by atoms with van der Waals surface area (Å²) in [5, 5.41) is 31.2. The average Bonchev–Trinajstić information content (AvgIpc) is 3.04. The normalized spacial score (nSPS) is 11.0. The van der Waals surface area contributed by atoms with Crippen LogP contribution in [0.25, 0.3) is 10.9 Å². The molecule has 148 valence electrons. The molecule has 3 rings (SSSR count). The molecular formula is C19H17N5O5. The van der Waals surface area contributed by atoms with Crippen LogP contribution >= 0.6 is 0 Å². The number of fused-ring (bicyclic) bond motifs is 1. The average molecular weight is 395 g/mol. The van der Waals surface area contributed by atoms with E-state index in [0.717, 1.165) is 0 Å². The fraction of sp³-hybridized carbons (Fsp3) is 0.158. The number of hydrogen-bond donors (Lipinski definition) is 3. The zero-order chi connectivity index (χ0) is 20.8. The Bertz CT molecular complexity index is 1090. The summed E-state index contributed by atoms with van der Waals surface area (Å²) in [7, 11) is 0. The summed E-state index contributed by atoms with van der Waals surface area (Å²) in [5.74, 6) is -1.05. The highest BCUT2D eigenvalue weighted by Crippen LogP contribution is 2.35. The molecule has 1 aromatic heterocycles. The number of carbonyl (C=O) groups is 2. The van der Waals surface area contributed by atoms with Crippen molar-refractivity contribution >= 4 is 34.1 Å². The second-order valence-electron chi connectivity index (χ2n) is 6.12. The molecule has 0 spiro atoms. The predicted molar refractivity (Wildman–Crippen MR) is 104 cm³/mol. The van der Waals surface area contributed by atoms with Crippen molar-refractivity contribution in [1.29, 1.82) is 0 Å². The van der Waals surface area contributed by atoms with Crippen molar-refractivity contribution in [3.8, 4) is 5.88 Å². The number of aromatic amines is 1. The molecule has 0 bridgehead atoms. The zero-order valence-electron chi connectivity index (χ0n) is 15.2. The molecule has 0 atom stereocenters. The number of amides is 2. The molecular weight excluding hydrogens is 378 g/mol. The second kappa shape index (κ2) is 8.74. The first-order valence-electron chi connectivity index (χ1n) is 8.72. The number of aromatic hydroxyl groups is 1. The Hall–Kier alpha value is -4.08. The SMILES string of the molecule is O=C(CCCNC(=O)c1ccc([N+](=O)[O-])cc1)N=Nc1c(O)[nH]c2ccccc12. The van der Waals surface area contributed by atoms with Gasteiger partial charge in [-0.3, -0.25) is 19.7 Å². The molecule has 0 aliphatic heterocycles. The van der Waals surface area contributed by atoms with Gasteiger partial charge in [0.2, 0.25) is 5.88 Å². The van der Waals surface area contributed by atoms with E-state index in [2.05, 4.69) is 20.5 Å². The first-order valence-corrected chi connectivity index (χ1v) is 8.72. The molecule has 2 aromatic carbocycles. The number of nitrogens with one attached hydrogen (secondary N) is 2. The minimum absolute atomic E-state index is 0.0627. The zero-order valence-corrected chi connectivity index (χ0v) is 15.2. The molecule has 3 N–H and O–H groups in total. The standard InChI is InChI=1S/C19H17N5O5/c25-16(22-23-17-14-4-1-2-5-15(14)21-19(17)27)6-3-11-20-18(26)12-7-9-13(10-8-12)24(28)29/h1-2,4-5,7-10,21,27H,3,6,11H2,(H,20,26). The summed E-state index contributed by atoms with van der Waals surface area (Å²) in [5.41, 5.74) is 1.07. The quantitative estimate of drug-likeness (QED) is 0.242. The molecule has 29 heavy (non-hydrogen) atoms. The minimum Gasteiger partial charge on any atom is -0.493 e. The van der Waals surface area contributed by atoms with E-state index in [1.165, 1.54) is 24.3 Å². The Labute approximate surface area is 164 Å². The maximum atomic E-state index is 12.0. The van der Waals surface area contributed by atoms with Crippen LogP contribution in [0.15, 0.2) is 58.8 Å². The maximum absolute atomic E-state index is 12.0. The summed E-state index contributed by atoms with van der Waals surface area (Å²) in [4.78, 5) is 36.7. The largest absolute Gasteiger partial charge is 0.493 e. The maximum Gasteiger partial charge on any atom is 0.269 e. The van der Waals surface area contributed by atoms with Crippen LogP contribution in [0.5, 0.6) is 5.88 Å². The Balaban J connectivity index is 1.47. The Morgan fingerprint density at radius 3 is 2.59 bits per heavy atom. The monoisotopic (exact) mass is 395 g/mol. The molecule has 3 aromatic rings. The predicted octanol–water partition coefficient (Wildman–Crippen LogP) is 3.60. The first-order chi connectivity index (χ1) is 14.0. The van der Waals surface area contributed by atoms with Crippen molar-refractivity contribution in [2.75, 3.05) is 6.54 Å². The van der Waals surface area contributed by atoms with Crippen LogP contribution < -0.4 is 5.32 Å². The number of hydrogen-bond acceptors (Lipinski definition) is 6. The van der Waals surface area contributed by atoms with E-state index in [9.17, 15) is 24.8 Å². The number of carbonyl (C=O) groups excluding carboxylic acids is 2. The van der Waals surface area contributed by atoms with Crippen molar-refractivity contribution < 1.29 is 19.6 Å². The third-order valence-corrected chi connectivity index (χ3v) is 4.11. The van der Waals surface area contributed by atoms with Gasteiger partial charge in [-0.15, -0.1) is 10.2 Å². The van der Waals surface area contributed by atoms with Crippen LogP contribution in [0.1, 0.15) is 23.2 Å². The van der Waals surface area contributed by atoms with Gasteiger partial charge in [-0.1, -0.05) is 18.2 Å². The van der Waals surface area contributed by atoms with Crippen molar-refractivity contribution in [3.05, 3.63) is 64.2 Å². The lowest BCUT2D eigenvalue weighted by Gasteiger charge is -2.04. The van der Waals surface area contributed by atoms with Gasteiger partial charge >= 0.3 is 0 Å². The van der Waals surface area contributed by atoms with Crippen molar-refractivity contribution in [2.45, 2.75) is 12.8 Å². The second-order valence-corrected chi connectivity index (χ2v) is 6.12. The summed E-state index contributed by atoms with van der Waals surface area (Å²) in [6.45, 7) is 0.232. The number of nitrogens with zero attached hydrogens (tertiary/aromatic N) is 3. The molecule has 0 aliphatic rings. The van der Waals surface area contributed by atoms with Crippen LogP contribution in [-0.4, -0.2) is 33.4 Å². The van der Waals surface area contributed by atoms with Crippen molar-refractivity contribution in [3.63, 3.8) is 0 Å². The minimum atomic E-state index is -0.544. The number of rotatable bonds is 7. The molecule has 0 fully saturated rings. The molecule has 10 nitrogen and oxygen atoms in total. The fourth-order valence-corrected chi connectivity index (χ4v) is 2.65. The van der Waals surface area contributed by atoms with Gasteiger partial charge < -0.3 is 15.4 Å². The summed E-state index contributed by atoms with van der Waals surface area (Å²) >= 11 is 0. The molecule has 0 saturated carbocycles. The van der Waals surface area contributed by atoms with E-state index < -0.39 is 16.7 Å². The number of nitro groups is 1. The third-order valence-electron chi connectivity index (χ3n) is 4.11. The lowest BCUT2D eigenvalue weighted by molar-refractivity contribution is -0.384. The molecule has 1 heterocycles. The van der Waals surface area contributed by atoms with Crippen LogP contribution in [0.3, 0.4) is 0 Å². The fourth-order valence-electron chi connectivity index (χ4n) is 2.65. The van der Waals surface area contributed by atoms with E-state index in [-0.39, 0.29) is 35.8 Å². The van der Waals surface area contributed by atoms with Gasteiger partial charge in [-0.05, 0) is 24.6 Å². The van der Waals surface area contributed by atoms with Gasteiger partial charge in [-0.25, -0.2) is 0 Å². The highest BCUT2D eigenvalue weighted by atomic mass is 16.6. The van der Waals surface area contributed by atoms with E-state index in [0.29, 0.717) is 17.3 Å². The Kier molecular flexibility index (Phi) is 5.93. The lowest BCUT2D eigenvalue weighted by Crippen LogP contribution is -2.24. The topological polar surface area (TPSA) is 150 Å². The Morgan fingerprint density at radius 1 is 1.14 bits per heavy atom. The third kappa shape index (κ3) is 4.80. The molecule has 0 aliphatic carbocycles. The molecule has 0 saturated heterocycles. The van der Waals surface area contributed by atoms with Crippen LogP contribution in [0, 0.1) is 10.1 Å². The first kappa shape index (κ1) is 19.7. The Morgan fingerprint density at radius 2 is 1.86 bits per heavy atom. The van der Waals surface area contributed by atoms with E-state index in [1.54, 1.807) is 24.3 Å². The number of aromatic nitrogens is 1. The van der Waals surface area contributed by atoms with Crippen molar-refractivity contribution in [2.24, 2.45) is 10.2 Å². The smallest absolute Gasteiger partial charge is 0.269 e. The van der Waals surface area contributed by atoms with Gasteiger partial charge in [0.05, 0.1) is 10.4 Å². The summed E-state index contributed by atoms with van der Waals surface area (Å²) in [6.07, 6.45) is 0.406. The van der Waals surface area contributed by atoms with Crippen LogP contribution in [0.2, 0.25) is 0 Å². The summed E-state index contributed by atoms with van der Waals surface area (Å²) < 4.78 is 0. The van der Waals surface area contributed by atoms with Gasteiger partial charge in [0, 0.05) is 36.0 Å². The van der Waals surface area contributed by atoms with Gasteiger partial charge in [0.1, 0.15) is 0 Å². The number of azo groups is 1. The summed E-state index contributed by atoms with van der Waals surface area (Å²) in [6, 6.07) is 12.3. The van der Waals surface area contributed by atoms with Crippen LogP contribution in [-0.2, 0) is 4.79 Å². The number of H-pyrrole nitrogens is 1. The van der Waals surface area contributed by atoms with Gasteiger partial charge in [-0.2, -0.15) is 0 Å². The molecule has 2 amide bonds. The number of non-ortho nitro benzene ring substituents is 1. The number of para-hydroxylation sites is 1. The lowest BCUT2D eigenvalue weighted by atomic mass is 10.2. The van der Waals surface area contributed by atoms with Crippen molar-refractivity contribution in [1.82, 2.24) is 10.3 Å². The highest BCUT2D eigenvalue weighted by molar-refractivity contribution is 5.95. The van der Waals surface area contributed by atoms with E-state index in [1.807, 2.05) is 0 Å². The van der Waals surface area contributed by atoms with Gasteiger partial charge in [0.15, 0.2) is 5.69 Å².